The second kappa shape index (κ2) is 10.1. The summed E-state index contributed by atoms with van der Waals surface area (Å²) in [5.74, 6) is -0.958. The largest absolute Gasteiger partial charge is 2.00 e. The molecule has 0 heterocycles. The third-order valence-corrected chi connectivity index (χ3v) is 1.93. The van der Waals surface area contributed by atoms with Gasteiger partial charge in [0.05, 0.1) is 31.7 Å². The quantitative estimate of drug-likeness (QED) is 0.353. The van der Waals surface area contributed by atoms with E-state index >= 15 is 0 Å². The Morgan fingerprint density at radius 2 is 1.07 bits per heavy atom. The smallest absolute Gasteiger partial charge is 0.748 e. The Bertz CT molecular complexity index is 330. The summed E-state index contributed by atoms with van der Waals surface area (Å²) >= 11 is 0. The van der Waals surface area contributed by atoms with Crippen LogP contribution in [0, 0.1) is 0 Å². The number of hydrogen-bond acceptors (Lipinski definition) is 6. The van der Waals surface area contributed by atoms with Crippen LogP contribution in [0.25, 0.3) is 0 Å². The van der Waals surface area contributed by atoms with Gasteiger partial charge in [0, 0.05) is 0 Å². The first-order valence-electron chi connectivity index (χ1n) is 3.21. The van der Waals surface area contributed by atoms with Gasteiger partial charge in [0.2, 0.25) is 0 Å². The zero-order chi connectivity index (χ0) is 11.8. The van der Waals surface area contributed by atoms with E-state index in [2.05, 4.69) is 13.2 Å². The maximum Gasteiger partial charge on any atom is 2.00 e. The number of rotatable bonds is 4. The fourth-order valence-electron chi connectivity index (χ4n) is 0.289. The first-order chi connectivity index (χ1) is 6.12. The minimum absolute atomic E-state index is 0. The van der Waals surface area contributed by atoms with Crippen LogP contribution in [0.2, 0.25) is 0 Å². The molecule has 0 aliphatic carbocycles. The van der Waals surface area contributed by atoms with Gasteiger partial charge in [0.25, 0.3) is 0 Å². The minimum Gasteiger partial charge on any atom is -0.748 e. The molecule has 84 valence electrons. The van der Waals surface area contributed by atoms with Crippen LogP contribution < -0.4 is 0 Å². The molecule has 0 rings (SSSR count). The molecule has 0 saturated heterocycles. The Hall–Kier alpha value is 0.871. The molecular weight excluding hydrogens is 370 g/mol. The summed E-state index contributed by atoms with van der Waals surface area (Å²) in [5, 5.41) is 0. The Morgan fingerprint density at radius 1 is 0.867 bits per heavy atom. The molecule has 0 atom stereocenters. The molecule has 15 heavy (non-hydrogen) atoms. The molecule has 0 radical (unpaired) electrons. The summed E-state index contributed by atoms with van der Waals surface area (Å²) in [7, 11) is -8.08. The molecule has 9 heteroatoms. The third kappa shape index (κ3) is 31.3. The van der Waals surface area contributed by atoms with Gasteiger partial charge < -0.3 is 9.11 Å². The minimum atomic E-state index is -4.04. The van der Waals surface area contributed by atoms with Crippen molar-refractivity contribution in [2.24, 2.45) is 0 Å². The molecular formula is C6H10BaO6S2. The Labute approximate surface area is 130 Å². The summed E-state index contributed by atoms with van der Waals surface area (Å²) in [5.41, 5.74) is 0. The van der Waals surface area contributed by atoms with Crippen molar-refractivity contribution >= 4 is 69.1 Å². The topological polar surface area (TPSA) is 114 Å². The van der Waals surface area contributed by atoms with Gasteiger partial charge in [-0.2, -0.15) is 0 Å². The first kappa shape index (κ1) is 21.2. The van der Waals surface area contributed by atoms with E-state index < -0.39 is 31.7 Å². The normalized spacial score (nSPS) is 10.3. The van der Waals surface area contributed by atoms with E-state index in [0.29, 0.717) is 0 Å². The third-order valence-electron chi connectivity index (χ3n) is 0.644. The Kier molecular flexibility index (Phi) is 14.2. The summed E-state index contributed by atoms with van der Waals surface area (Å²) < 4.78 is 57.6. The molecule has 0 N–H and O–H groups in total. The first-order valence-corrected chi connectivity index (χ1v) is 6.37. The van der Waals surface area contributed by atoms with Crippen molar-refractivity contribution in [3.63, 3.8) is 0 Å². The fourth-order valence-corrected chi connectivity index (χ4v) is 0.866. The van der Waals surface area contributed by atoms with Crippen LogP contribution in [0.4, 0.5) is 0 Å². The number of hydrogen-bond donors (Lipinski definition) is 0. The average Bonchev–Trinajstić information content (AvgIpc) is 1.81. The van der Waals surface area contributed by atoms with Crippen LogP contribution in [0.15, 0.2) is 25.3 Å². The molecule has 0 aromatic carbocycles. The monoisotopic (exact) mass is 380 g/mol. The van der Waals surface area contributed by atoms with Gasteiger partial charge in [-0.05, 0) is 0 Å². The maximum absolute atomic E-state index is 9.60. The molecule has 0 saturated carbocycles. The van der Waals surface area contributed by atoms with Crippen molar-refractivity contribution in [3.05, 3.63) is 25.3 Å². The van der Waals surface area contributed by atoms with Crippen molar-refractivity contribution in [1.29, 1.82) is 0 Å². The summed E-state index contributed by atoms with van der Waals surface area (Å²) in [6.45, 7) is 6.13. The standard InChI is InChI=1S/2C3H6O3S.Ba/c2*1-2-3-7(4,5)6;/h2*2H,1,3H2,(H,4,5,6);/q;;+2/p-2. The van der Waals surface area contributed by atoms with Crippen molar-refractivity contribution in [1.82, 2.24) is 0 Å². The summed E-state index contributed by atoms with van der Waals surface area (Å²) in [6.07, 6.45) is 2.12. The van der Waals surface area contributed by atoms with E-state index in [9.17, 15) is 25.9 Å². The van der Waals surface area contributed by atoms with Gasteiger partial charge in [-0.25, -0.2) is 16.8 Å². The van der Waals surface area contributed by atoms with Crippen LogP contribution in [-0.4, -0.2) is 86.3 Å². The molecule has 0 amide bonds. The van der Waals surface area contributed by atoms with Gasteiger partial charge in [-0.1, -0.05) is 12.2 Å². The molecule has 0 aromatic rings. The molecule has 0 unspecified atom stereocenters. The molecule has 0 aliphatic rings. The fraction of sp³-hybridized carbons (Fsp3) is 0.333. The molecule has 0 aromatic heterocycles. The zero-order valence-corrected chi connectivity index (χ0v) is 14.0. The Morgan fingerprint density at radius 3 is 1.07 bits per heavy atom. The van der Waals surface area contributed by atoms with Gasteiger partial charge in [0.1, 0.15) is 0 Å². The Balaban J connectivity index is -0.000000180. The molecule has 0 fully saturated rings. The van der Waals surface area contributed by atoms with Crippen LogP contribution in [0.1, 0.15) is 0 Å². The van der Waals surface area contributed by atoms with E-state index in [1.165, 1.54) is 0 Å². The average molecular weight is 380 g/mol. The predicted octanol–water partition coefficient (Wildman–Crippen LogP) is -0.946. The van der Waals surface area contributed by atoms with Gasteiger partial charge in [-0.15, -0.1) is 13.2 Å². The van der Waals surface area contributed by atoms with Crippen molar-refractivity contribution in [2.45, 2.75) is 0 Å². The van der Waals surface area contributed by atoms with Gasteiger partial charge >= 0.3 is 48.9 Å². The van der Waals surface area contributed by atoms with Crippen molar-refractivity contribution in [2.75, 3.05) is 11.5 Å². The van der Waals surface area contributed by atoms with E-state index in [4.69, 9.17) is 0 Å². The molecule has 0 bridgehead atoms. The second-order valence-corrected chi connectivity index (χ2v) is 4.92. The van der Waals surface area contributed by atoms with Crippen LogP contribution >= 0.6 is 0 Å². The molecule has 0 spiro atoms. The summed E-state index contributed by atoms with van der Waals surface area (Å²) in [6, 6.07) is 0. The van der Waals surface area contributed by atoms with Crippen LogP contribution in [0.5, 0.6) is 0 Å². The van der Waals surface area contributed by atoms with E-state index in [1.807, 2.05) is 0 Å². The van der Waals surface area contributed by atoms with Crippen LogP contribution in [-0.2, 0) is 20.2 Å². The van der Waals surface area contributed by atoms with E-state index in [-0.39, 0.29) is 48.9 Å². The molecule has 6 nitrogen and oxygen atoms in total. The van der Waals surface area contributed by atoms with Gasteiger partial charge in [0.15, 0.2) is 0 Å². The van der Waals surface area contributed by atoms with Crippen molar-refractivity contribution < 1.29 is 25.9 Å². The van der Waals surface area contributed by atoms with Gasteiger partial charge in [-0.3, -0.25) is 0 Å². The van der Waals surface area contributed by atoms with Crippen LogP contribution in [0.3, 0.4) is 0 Å². The van der Waals surface area contributed by atoms with Crippen molar-refractivity contribution in [3.8, 4) is 0 Å². The second-order valence-electron chi connectivity index (χ2n) is 2.03. The summed E-state index contributed by atoms with van der Waals surface area (Å²) in [4.78, 5) is 0. The molecule has 0 aliphatic heterocycles. The predicted molar refractivity (Wildman–Crippen MR) is 55.3 cm³/mol. The SMILES string of the molecule is C=CCS(=O)(=O)[O-].C=CCS(=O)(=O)[O-].[Ba+2]. The maximum atomic E-state index is 9.60. The van der Waals surface area contributed by atoms with E-state index in [1.54, 1.807) is 0 Å². The zero-order valence-electron chi connectivity index (χ0n) is 7.96. The van der Waals surface area contributed by atoms with E-state index in [0.717, 1.165) is 12.2 Å².